The summed E-state index contributed by atoms with van der Waals surface area (Å²) in [6.07, 6.45) is 1.15. The molecular formula is C16H17BrO. The van der Waals surface area contributed by atoms with Crippen LogP contribution < -0.4 is 0 Å². The zero-order chi connectivity index (χ0) is 12.5. The summed E-state index contributed by atoms with van der Waals surface area (Å²) in [5, 5.41) is 2.73. The maximum Gasteiger partial charge on any atom is 0.0509 e. The first-order valence-corrected chi connectivity index (χ1v) is 7.39. The summed E-state index contributed by atoms with van der Waals surface area (Å²) in [4.78, 5) is 0.394. The third kappa shape index (κ3) is 2.08. The molecule has 0 amide bonds. The topological polar surface area (TPSA) is 9.23 Å². The second-order valence-corrected chi connectivity index (χ2v) is 6.03. The van der Waals surface area contributed by atoms with Crippen molar-refractivity contribution in [1.29, 1.82) is 0 Å². The fourth-order valence-corrected chi connectivity index (χ4v) is 3.57. The molecule has 94 valence electrons. The van der Waals surface area contributed by atoms with Crippen molar-refractivity contribution in [3.8, 4) is 0 Å². The number of rotatable bonds is 2. The smallest absolute Gasteiger partial charge is 0.0509 e. The normalized spacial score (nSPS) is 21.3. The van der Waals surface area contributed by atoms with Crippen LogP contribution in [0.1, 0.15) is 22.4 Å². The molecule has 1 aliphatic heterocycles. The Morgan fingerprint density at radius 2 is 1.94 bits per heavy atom. The van der Waals surface area contributed by atoms with E-state index in [0.717, 1.165) is 19.6 Å². The molecule has 0 aliphatic carbocycles. The van der Waals surface area contributed by atoms with Gasteiger partial charge >= 0.3 is 0 Å². The number of hydrogen-bond donors (Lipinski definition) is 0. The van der Waals surface area contributed by atoms with E-state index in [1.165, 1.54) is 21.9 Å². The van der Waals surface area contributed by atoms with Gasteiger partial charge in [0, 0.05) is 17.4 Å². The van der Waals surface area contributed by atoms with Crippen LogP contribution in [0.3, 0.4) is 0 Å². The average Bonchev–Trinajstić information content (AvgIpc) is 2.93. The number of ether oxygens (including phenoxy) is 1. The first-order chi connectivity index (χ1) is 8.77. The second-order valence-electron chi connectivity index (χ2n) is 5.04. The Morgan fingerprint density at radius 1 is 1.17 bits per heavy atom. The molecule has 2 atom stereocenters. The van der Waals surface area contributed by atoms with E-state index in [0.29, 0.717) is 10.7 Å². The average molecular weight is 305 g/mol. The molecule has 1 fully saturated rings. The third-order valence-corrected chi connectivity index (χ3v) is 5.09. The van der Waals surface area contributed by atoms with Crippen molar-refractivity contribution in [1.82, 2.24) is 0 Å². The van der Waals surface area contributed by atoms with Crippen LogP contribution in [0.15, 0.2) is 36.4 Å². The molecule has 2 aromatic carbocycles. The van der Waals surface area contributed by atoms with Crippen LogP contribution >= 0.6 is 15.9 Å². The van der Waals surface area contributed by atoms with Gasteiger partial charge in [0.05, 0.1) is 6.61 Å². The van der Waals surface area contributed by atoms with Crippen molar-refractivity contribution < 1.29 is 4.74 Å². The van der Waals surface area contributed by atoms with Crippen molar-refractivity contribution in [3.05, 3.63) is 47.5 Å². The van der Waals surface area contributed by atoms with E-state index in [1.807, 2.05) is 0 Å². The first-order valence-electron chi connectivity index (χ1n) is 6.47. The van der Waals surface area contributed by atoms with Crippen LogP contribution in [0, 0.1) is 12.8 Å². The molecule has 0 aromatic heterocycles. The minimum atomic E-state index is 0.394. The van der Waals surface area contributed by atoms with Crippen LogP contribution in [0.25, 0.3) is 10.8 Å². The second kappa shape index (κ2) is 5.02. The van der Waals surface area contributed by atoms with Gasteiger partial charge in [-0.3, -0.25) is 0 Å². The molecule has 1 aliphatic rings. The predicted octanol–water partition coefficient (Wildman–Crippen LogP) is 4.62. The van der Waals surface area contributed by atoms with Gasteiger partial charge in [0.25, 0.3) is 0 Å². The van der Waals surface area contributed by atoms with Gasteiger partial charge in [-0.25, -0.2) is 0 Å². The minimum Gasteiger partial charge on any atom is -0.381 e. The molecule has 1 saturated heterocycles. The van der Waals surface area contributed by atoms with Gasteiger partial charge in [0.2, 0.25) is 0 Å². The van der Waals surface area contributed by atoms with Crippen LogP contribution in [-0.4, -0.2) is 13.2 Å². The molecule has 2 unspecified atom stereocenters. The summed E-state index contributed by atoms with van der Waals surface area (Å²) >= 11 is 3.88. The van der Waals surface area contributed by atoms with E-state index in [9.17, 15) is 0 Å². The standard InChI is InChI=1S/C16H17BrO/c1-11-6-7-15(14-5-3-2-4-13(11)14)16(17)12-8-9-18-10-12/h2-7,12,16H,8-10H2,1H3. The van der Waals surface area contributed by atoms with E-state index in [4.69, 9.17) is 4.74 Å². The Kier molecular flexibility index (Phi) is 3.40. The molecule has 0 saturated carbocycles. The van der Waals surface area contributed by atoms with Crippen molar-refractivity contribution in [3.63, 3.8) is 0 Å². The van der Waals surface area contributed by atoms with Crippen LogP contribution in [0.2, 0.25) is 0 Å². The molecule has 0 bridgehead atoms. The van der Waals surface area contributed by atoms with Gasteiger partial charge in [-0.2, -0.15) is 0 Å². The van der Waals surface area contributed by atoms with E-state index in [2.05, 4.69) is 59.3 Å². The number of alkyl halides is 1. The molecule has 18 heavy (non-hydrogen) atoms. The van der Waals surface area contributed by atoms with Gasteiger partial charge in [0.15, 0.2) is 0 Å². The summed E-state index contributed by atoms with van der Waals surface area (Å²) < 4.78 is 5.51. The number of aryl methyl sites for hydroxylation is 1. The highest BCUT2D eigenvalue weighted by molar-refractivity contribution is 9.09. The van der Waals surface area contributed by atoms with Crippen molar-refractivity contribution in [2.45, 2.75) is 18.2 Å². The summed E-state index contributed by atoms with van der Waals surface area (Å²) in [7, 11) is 0. The predicted molar refractivity (Wildman–Crippen MR) is 79.3 cm³/mol. The highest BCUT2D eigenvalue weighted by Crippen LogP contribution is 2.39. The molecule has 2 heteroatoms. The zero-order valence-corrected chi connectivity index (χ0v) is 12.1. The lowest BCUT2D eigenvalue weighted by molar-refractivity contribution is 0.185. The first kappa shape index (κ1) is 12.2. The van der Waals surface area contributed by atoms with Crippen LogP contribution in [0.5, 0.6) is 0 Å². The van der Waals surface area contributed by atoms with Crippen molar-refractivity contribution in [2.75, 3.05) is 13.2 Å². The molecule has 0 N–H and O–H groups in total. The summed E-state index contributed by atoms with van der Waals surface area (Å²) in [6.45, 7) is 3.95. The fourth-order valence-electron chi connectivity index (χ4n) is 2.75. The molecule has 3 rings (SSSR count). The lowest BCUT2D eigenvalue weighted by Gasteiger charge is -2.19. The number of benzene rings is 2. The number of fused-ring (bicyclic) bond motifs is 1. The summed E-state index contributed by atoms with van der Waals surface area (Å²) in [5.74, 6) is 0.594. The SMILES string of the molecule is Cc1ccc(C(Br)C2CCOC2)c2ccccc12. The molecule has 2 aromatic rings. The Bertz CT molecular complexity index is 558. The Hall–Kier alpha value is -0.860. The molecule has 0 radical (unpaired) electrons. The molecular weight excluding hydrogens is 288 g/mol. The van der Waals surface area contributed by atoms with E-state index in [1.54, 1.807) is 0 Å². The monoisotopic (exact) mass is 304 g/mol. The van der Waals surface area contributed by atoms with Crippen molar-refractivity contribution in [2.24, 2.45) is 5.92 Å². The molecule has 1 heterocycles. The Morgan fingerprint density at radius 3 is 2.67 bits per heavy atom. The van der Waals surface area contributed by atoms with Gasteiger partial charge in [-0.1, -0.05) is 52.3 Å². The lowest BCUT2D eigenvalue weighted by Crippen LogP contribution is -2.07. The third-order valence-electron chi connectivity index (χ3n) is 3.85. The largest absolute Gasteiger partial charge is 0.381 e. The highest BCUT2D eigenvalue weighted by atomic mass is 79.9. The maximum atomic E-state index is 5.51. The van der Waals surface area contributed by atoms with Gasteiger partial charge in [-0.15, -0.1) is 0 Å². The quantitative estimate of drug-likeness (QED) is 0.736. The Labute approximate surface area is 116 Å². The lowest BCUT2D eigenvalue weighted by atomic mass is 9.92. The summed E-state index contributed by atoms with van der Waals surface area (Å²) in [5.41, 5.74) is 2.74. The van der Waals surface area contributed by atoms with E-state index >= 15 is 0 Å². The highest BCUT2D eigenvalue weighted by Gasteiger charge is 2.26. The minimum absolute atomic E-state index is 0.394. The maximum absolute atomic E-state index is 5.51. The molecule has 1 nitrogen and oxygen atoms in total. The van der Waals surface area contributed by atoms with Crippen LogP contribution in [0.4, 0.5) is 0 Å². The zero-order valence-electron chi connectivity index (χ0n) is 10.5. The fraction of sp³-hybridized carbons (Fsp3) is 0.375. The van der Waals surface area contributed by atoms with Gasteiger partial charge in [0.1, 0.15) is 0 Å². The van der Waals surface area contributed by atoms with Gasteiger partial charge < -0.3 is 4.74 Å². The molecule has 0 spiro atoms. The van der Waals surface area contributed by atoms with E-state index in [-0.39, 0.29) is 0 Å². The van der Waals surface area contributed by atoms with Crippen LogP contribution in [-0.2, 0) is 4.74 Å². The van der Waals surface area contributed by atoms with E-state index < -0.39 is 0 Å². The number of halogens is 1. The Balaban J connectivity index is 2.08. The summed E-state index contributed by atoms with van der Waals surface area (Å²) in [6, 6.07) is 13.1. The van der Waals surface area contributed by atoms with Gasteiger partial charge in [-0.05, 0) is 35.2 Å². The van der Waals surface area contributed by atoms with Crippen molar-refractivity contribution >= 4 is 26.7 Å². The number of hydrogen-bond acceptors (Lipinski definition) is 1.